The number of phenols is 1. The summed E-state index contributed by atoms with van der Waals surface area (Å²) in [6.07, 6.45) is 0. The molecule has 5 rings (SSSR count). The first kappa shape index (κ1) is 19.3. The lowest BCUT2D eigenvalue weighted by Crippen LogP contribution is -2.13. The summed E-state index contributed by atoms with van der Waals surface area (Å²) < 4.78 is 29.0. The Balaban J connectivity index is 1.60. The Morgan fingerprint density at radius 2 is 1.65 bits per heavy atom. The van der Waals surface area contributed by atoms with E-state index in [9.17, 15) is 13.5 Å². The van der Waals surface area contributed by atoms with Crippen molar-refractivity contribution >= 4 is 49.0 Å². The molecular formula is C21H15N5O3S2. The molecule has 1 aromatic heterocycles. The molecule has 3 N–H and O–H groups in total. The number of hydrogen-bond donors (Lipinski definition) is 3. The van der Waals surface area contributed by atoms with Gasteiger partial charge in [-0.25, -0.2) is 8.42 Å². The molecule has 0 fully saturated rings. The number of rotatable bonds is 5. The van der Waals surface area contributed by atoms with Gasteiger partial charge in [0, 0.05) is 10.8 Å². The fourth-order valence-corrected chi connectivity index (χ4v) is 5.18. The van der Waals surface area contributed by atoms with Crippen molar-refractivity contribution in [1.82, 2.24) is 20.6 Å². The van der Waals surface area contributed by atoms with E-state index in [4.69, 9.17) is 0 Å². The SMILES string of the molecule is O=S(=O)(Nc1cc(Sc2nn[nH]n2)c(O)c2ccccc12)c1ccc2ccccc2c1. The summed E-state index contributed by atoms with van der Waals surface area (Å²) in [5.41, 5.74) is 0.340. The van der Waals surface area contributed by atoms with E-state index >= 15 is 0 Å². The molecule has 1 heterocycles. The van der Waals surface area contributed by atoms with E-state index in [-0.39, 0.29) is 10.6 Å². The van der Waals surface area contributed by atoms with Crippen LogP contribution in [0.25, 0.3) is 21.5 Å². The minimum absolute atomic E-state index is 0.0130. The number of phenolic OH excluding ortho intramolecular Hbond substituents is 1. The number of aromatic nitrogens is 4. The lowest BCUT2D eigenvalue weighted by Gasteiger charge is -2.14. The van der Waals surface area contributed by atoms with Crippen molar-refractivity contribution in [3.05, 3.63) is 72.8 Å². The molecule has 0 aliphatic carbocycles. The number of nitrogens with zero attached hydrogens (tertiary/aromatic N) is 3. The summed E-state index contributed by atoms with van der Waals surface area (Å²) in [5.74, 6) is 0.0130. The number of aromatic hydroxyl groups is 1. The number of fused-ring (bicyclic) bond motifs is 2. The quantitative estimate of drug-likeness (QED) is 0.344. The molecule has 8 nitrogen and oxygen atoms in total. The Kier molecular flexibility index (Phi) is 4.72. The van der Waals surface area contributed by atoms with Crippen molar-refractivity contribution in [2.24, 2.45) is 0 Å². The van der Waals surface area contributed by atoms with Gasteiger partial charge in [0.15, 0.2) is 0 Å². The van der Waals surface area contributed by atoms with Gasteiger partial charge in [-0.1, -0.05) is 54.6 Å². The maximum Gasteiger partial charge on any atom is 0.261 e. The molecule has 0 atom stereocenters. The van der Waals surface area contributed by atoms with E-state index in [0.29, 0.717) is 26.5 Å². The van der Waals surface area contributed by atoms with Gasteiger partial charge in [0.1, 0.15) is 5.75 Å². The molecule has 0 bridgehead atoms. The van der Waals surface area contributed by atoms with E-state index in [1.165, 1.54) is 0 Å². The highest BCUT2D eigenvalue weighted by atomic mass is 32.2. The van der Waals surface area contributed by atoms with Crippen LogP contribution >= 0.6 is 11.8 Å². The van der Waals surface area contributed by atoms with Crippen LogP contribution in [-0.4, -0.2) is 34.1 Å². The zero-order valence-corrected chi connectivity index (χ0v) is 17.5. The number of benzene rings is 4. The predicted octanol–water partition coefficient (Wildman–Crippen LogP) is 4.16. The normalized spacial score (nSPS) is 11.7. The minimum atomic E-state index is -3.88. The molecule has 31 heavy (non-hydrogen) atoms. The summed E-state index contributed by atoms with van der Waals surface area (Å²) in [4.78, 5) is 0.548. The van der Waals surface area contributed by atoms with Gasteiger partial charge in [0.25, 0.3) is 10.0 Å². The van der Waals surface area contributed by atoms with Gasteiger partial charge in [0.2, 0.25) is 5.16 Å². The average molecular weight is 450 g/mol. The molecule has 0 radical (unpaired) electrons. The number of hydrogen-bond acceptors (Lipinski definition) is 7. The molecule has 154 valence electrons. The summed E-state index contributed by atoms with van der Waals surface area (Å²) in [6.45, 7) is 0. The van der Waals surface area contributed by atoms with Crippen LogP contribution in [0.1, 0.15) is 0 Å². The number of H-pyrrole nitrogens is 1. The molecule has 0 saturated carbocycles. The Morgan fingerprint density at radius 1 is 0.903 bits per heavy atom. The second-order valence-corrected chi connectivity index (χ2v) is 9.42. The third-order valence-electron chi connectivity index (χ3n) is 4.78. The van der Waals surface area contributed by atoms with E-state index in [0.717, 1.165) is 22.5 Å². The second kappa shape index (κ2) is 7.56. The highest BCUT2D eigenvalue weighted by molar-refractivity contribution is 7.99. The van der Waals surface area contributed by atoms with Gasteiger partial charge >= 0.3 is 0 Å². The zero-order chi connectivity index (χ0) is 21.4. The van der Waals surface area contributed by atoms with Crippen LogP contribution in [0.3, 0.4) is 0 Å². The standard InChI is InChI=1S/C21H15N5O3S2/c27-20-17-8-4-3-7-16(17)18(12-19(20)30-21-22-25-26-23-21)24-31(28,29)15-10-9-13-5-1-2-6-14(13)11-15/h1-12,24,27H,(H,22,23,25,26). The third-order valence-corrected chi connectivity index (χ3v) is 7.03. The van der Waals surface area contributed by atoms with Crippen molar-refractivity contribution in [2.75, 3.05) is 4.72 Å². The molecule has 0 spiro atoms. The molecule has 0 amide bonds. The first-order valence-corrected chi connectivity index (χ1v) is 11.5. The van der Waals surface area contributed by atoms with Gasteiger partial charge in [-0.2, -0.15) is 5.21 Å². The van der Waals surface area contributed by atoms with Crippen molar-refractivity contribution in [3.63, 3.8) is 0 Å². The highest BCUT2D eigenvalue weighted by Crippen LogP contribution is 2.42. The Labute approximate surface area is 181 Å². The van der Waals surface area contributed by atoms with Gasteiger partial charge in [0.05, 0.1) is 15.5 Å². The molecule has 0 unspecified atom stereocenters. The Hall–Kier alpha value is -3.63. The smallest absolute Gasteiger partial charge is 0.261 e. The lowest BCUT2D eigenvalue weighted by atomic mass is 10.1. The number of tetrazole rings is 1. The monoisotopic (exact) mass is 449 g/mol. The van der Waals surface area contributed by atoms with E-state index in [2.05, 4.69) is 25.3 Å². The summed E-state index contributed by atoms with van der Waals surface area (Å²) in [7, 11) is -3.88. The van der Waals surface area contributed by atoms with Crippen LogP contribution in [0.5, 0.6) is 5.75 Å². The summed E-state index contributed by atoms with van der Waals surface area (Å²) >= 11 is 1.07. The second-order valence-electron chi connectivity index (χ2n) is 6.73. The molecule has 4 aromatic carbocycles. The fourth-order valence-electron chi connectivity index (χ4n) is 3.33. The molecular weight excluding hydrogens is 434 g/mol. The average Bonchev–Trinajstić information content (AvgIpc) is 3.29. The predicted molar refractivity (Wildman–Crippen MR) is 119 cm³/mol. The third kappa shape index (κ3) is 3.66. The van der Waals surface area contributed by atoms with Gasteiger partial charge < -0.3 is 5.11 Å². The van der Waals surface area contributed by atoms with E-state index in [1.54, 1.807) is 48.5 Å². The van der Waals surface area contributed by atoms with Crippen molar-refractivity contribution in [3.8, 4) is 5.75 Å². The van der Waals surface area contributed by atoms with Crippen LogP contribution in [0.4, 0.5) is 5.69 Å². The van der Waals surface area contributed by atoms with E-state index < -0.39 is 10.0 Å². The summed E-state index contributed by atoms with van der Waals surface area (Å²) in [5, 5.41) is 27.5. The fraction of sp³-hybridized carbons (Fsp3) is 0. The van der Waals surface area contributed by atoms with Crippen molar-refractivity contribution in [2.45, 2.75) is 14.9 Å². The van der Waals surface area contributed by atoms with Crippen LogP contribution in [0, 0.1) is 0 Å². The topological polar surface area (TPSA) is 121 Å². The number of nitrogens with one attached hydrogen (secondary N) is 2. The van der Waals surface area contributed by atoms with E-state index in [1.807, 2.05) is 24.3 Å². The van der Waals surface area contributed by atoms with Crippen LogP contribution in [0.15, 0.2) is 87.7 Å². The van der Waals surface area contributed by atoms with Crippen LogP contribution in [-0.2, 0) is 10.0 Å². The van der Waals surface area contributed by atoms with Gasteiger partial charge in [-0.3, -0.25) is 4.72 Å². The highest BCUT2D eigenvalue weighted by Gasteiger charge is 2.20. The number of aromatic amines is 1. The Bertz CT molecular complexity index is 1520. The number of sulfonamides is 1. The largest absolute Gasteiger partial charge is 0.506 e. The minimum Gasteiger partial charge on any atom is -0.506 e. The summed E-state index contributed by atoms with van der Waals surface area (Å²) in [6, 6.07) is 21.1. The molecule has 0 saturated heterocycles. The Morgan fingerprint density at radius 3 is 2.42 bits per heavy atom. The lowest BCUT2D eigenvalue weighted by molar-refractivity contribution is 0.469. The molecule has 5 aromatic rings. The maximum atomic E-state index is 13.2. The zero-order valence-electron chi connectivity index (χ0n) is 15.9. The van der Waals surface area contributed by atoms with Crippen LogP contribution < -0.4 is 4.72 Å². The van der Waals surface area contributed by atoms with Gasteiger partial charge in [-0.15, -0.1) is 10.2 Å². The van der Waals surface area contributed by atoms with Crippen molar-refractivity contribution in [1.29, 1.82) is 0 Å². The molecule has 0 aliphatic rings. The molecule has 10 heteroatoms. The van der Waals surface area contributed by atoms with Crippen molar-refractivity contribution < 1.29 is 13.5 Å². The van der Waals surface area contributed by atoms with Gasteiger partial charge in [-0.05, 0) is 45.9 Å². The van der Waals surface area contributed by atoms with Crippen LogP contribution in [0.2, 0.25) is 0 Å². The molecule has 0 aliphatic heterocycles. The maximum absolute atomic E-state index is 13.2. The number of anilines is 1. The first-order valence-electron chi connectivity index (χ1n) is 9.19. The first-order chi connectivity index (χ1) is 15.0.